The molecule has 0 saturated carbocycles. The van der Waals surface area contributed by atoms with Crippen LogP contribution in [-0.2, 0) is 4.79 Å². The Labute approximate surface area is 200 Å². The summed E-state index contributed by atoms with van der Waals surface area (Å²) in [5.74, 6) is 5.80. The van der Waals surface area contributed by atoms with E-state index < -0.39 is 6.23 Å². The zero-order valence-corrected chi connectivity index (χ0v) is 20.6. The maximum absolute atomic E-state index is 12.1. The van der Waals surface area contributed by atoms with E-state index in [4.69, 9.17) is 22.4 Å². The molecule has 2 atom stereocenters. The van der Waals surface area contributed by atoms with E-state index in [2.05, 4.69) is 21.1 Å². The molecule has 0 bridgehead atoms. The molecule has 0 spiro atoms. The molecule has 10 nitrogen and oxygen atoms in total. The number of nitrogens with two attached hydrogens (primary N) is 3. The maximum atomic E-state index is 12.1. The highest BCUT2D eigenvalue weighted by Gasteiger charge is 2.14. The fourth-order valence-corrected chi connectivity index (χ4v) is 3.73. The van der Waals surface area contributed by atoms with Crippen molar-refractivity contribution in [3.8, 4) is 0 Å². The first-order valence-corrected chi connectivity index (χ1v) is 12.8. The fraction of sp³-hybridized carbons (Fsp3) is 0.913. The van der Waals surface area contributed by atoms with E-state index >= 15 is 0 Å². The van der Waals surface area contributed by atoms with E-state index in [1.165, 1.54) is 0 Å². The van der Waals surface area contributed by atoms with Crippen LogP contribution in [0.3, 0.4) is 0 Å². The molecule has 0 rings (SSSR count). The lowest BCUT2D eigenvalue weighted by atomic mass is 9.92. The molecule has 1 unspecified atom stereocenters. The van der Waals surface area contributed by atoms with Crippen LogP contribution in [0, 0.1) is 5.92 Å². The Hall–Kier alpha value is -1.46. The molecule has 0 aliphatic carbocycles. The summed E-state index contributed by atoms with van der Waals surface area (Å²) in [4.78, 5) is 16.1. The highest BCUT2D eigenvalue weighted by Crippen LogP contribution is 2.20. The fourth-order valence-electron chi connectivity index (χ4n) is 3.73. The van der Waals surface area contributed by atoms with Crippen molar-refractivity contribution in [1.29, 1.82) is 0 Å². The molecule has 0 aromatic carbocycles. The second kappa shape index (κ2) is 23.7. The summed E-state index contributed by atoms with van der Waals surface area (Å²) in [5.41, 5.74) is 13.2. The second-order valence-electron chi connectivity index (χ2n) is 8.76. The molecule has 0 saturated heterocycles. The number of rotatable bonds is 24. The normalized spacial score (nSPS) is 12.9. The Bertz CT molecular complexity index is 477. The van der Waals surface area contributed by atoms with Crippen LogP contribution in [0.5, 0.6) is 0 Å². The Balaban J connectivity index is 3.88. The van der Waals surface area contributed by atoms with E-state index in [1.54, 1.807) is 0 Å². The molecule has 0 radical (unpaired) electrons. The van der Waals surface area contributed by atoms with Gasteiger partial charge in [-0.15, -0.1) is 0 Å². The number of hydrogen-bond donors (Lipinski definition) is 8. The van der Waals surface area contributed by atoms with E-state index in [1.807, 2.05) is 0 Å². The van der Waals surface area contributed by atoms with Gasteiger partial charge in [-0.3, -0.25) is 26.4 Å². The summed E-state index contributed by atoms with van der Waals surface area (Å²) in [6, 6.07) is 0. The number of carbonyl (C=O) groups is 1. The first-order chi connectivity index (χ1) is 16.0. The first kappa shape index (κ1) is 31.5. The number of hydrazine groups is 1. The van der Waals surface area contributed by atoms with Gasteiger partial charge in [0.2, 0.25) is 5.91 Å². The second-order valence-corrected chi connectivity index (χ2v) is 8.76. The van der Waals surface area contributed by atoms with Gasteiger partial charge in [0.15, 0.2) is 5.96 Å². The Kier molecular flexibility index (Phi) is 22.6. The number of carbonyl (C=O) groups excluding carboxylic acids is 1. The number of unbranched alkanes of at least 4 members (excludes halogenated alkanes) is 6. The van der Waals surface area contributed by atoms with Crippen molar-refractivity contribution >= 4 is 11.9 Å². The lowest BCUT2D eigenvalue weighted by Crippen LogP contribution is -2.30. The van der Waals surface area contributed by atoms with E-state index in [9.17, 15) is 9.90 Å². The molecular weight excluding hydrogens is 422 g/mol. The standard InChI is InChI=1S/C23H51N7O3/c24-23(25)29-17-7-2-1-5-15-27-21(32)13-11-20(10-9-19-31)12-14-22(33)28-16-6-3-4-8-18-30-26/h20-21,27,30-32H,1-19,26H2,(H,28,33)(H4,24,25,29)/t20?,21-/m1/s1. The summed E-state index contributed by atoms with van der Waals surface area (Å²) in [6.07, 6.45) is 12.2. The molecule has 0 aromatic heterocycles. The number of aliphatic imine (C=N–C) groups is 1. The van der Waals surface area contributed by atoms with E-state index in [0.29, 0.717) is 31.8 Å². The molecule has 1 amide bonds. The van der Waals surface area contributed by atoms with Gasteiger partial charge in [-0.2, -0.15) is 0 Å². The Morgan fingerprint density at radius 1 is 0.818 bits per heavy atom. The van der Waals surface area contributed by atoms with Crippen molar-refractivity contribution in [2.45, 2.75) is 96.1 Å². The van der Waals surface area contributed by atoms with E-state index in [0.717, 1.165) is 90.1 Å². The van der Waals surface area contributed by atoms with Crippen molar-refractivity contribution in [3.63, 3.8) is 0 Å². The van der Waals surface area contributed by atoms with Gasteiger partial charge in [-0.1, -0.05) is 25.7 Å². The molecule has 0 aliphatic heterocycles. The molecule has 196 valence electrons. The molecule has 0 aromatic rings. The van der Waals surface area contributed by atoms with Gasteiger partial charge in [0.1, 0.15) is 6.23 Å². The number of hydrogen-bond acceptors (Lipinski definition) is 7. The molecule has 0 aliphatic rings. The smallest absolute Gasteiger partial charge is 0.220 e. The number of guanidine groups is 1. The van der Waals surface area contributed by atoms with Crippen LogP contribution in [0.4, 0.5) is 0 Å². The molecule has 11 N–H and O–H groups in total. The molecule has 10 heteroatoms. The zero-order valence-electron chi connectivity index (χ0n) is 20.6. The summed E-state index contributed by atoms with van der Waals surface area (Å²) in [6.45, 7) is 3.14. The number of nitrogens with one attached hydrogen (secondary N) is 3. The number of amides is 1. The minimum absolute atomic E-state index is 0.0890. The van der Waals surface area contributed by atoms with Gasteiger partial charge in [0.25, 0.3) is 0 Å². The van der Waals surface area contributed by atoms with Crippen LogP contribution in [0.25, 0.3) is 0 Å². The summed E-state index contributed by atoms with van der Waals surface area (Å²) in [5, 5.41) is 25.6. The van der Waals surface area contributed by atoms with Crippen LogP contribution in [0.1, 0.15) is 89.9 Å². The van der Waals surface area contributed by atoms with Gasteiger partial charge < -0.3 is 27.0 Å². The van der Waals surface area contributed by atoms with Gasteiger partial charge >= 0.3 is 0 Å². The third-order valence-corrected chi connectivity index (χ3v) is 5.73. The molecule has 33 heavy (non-hydrogen) atoms. The largest absolute Gasteiger partial charge is 0.396 e. The van der Waals surface area contributed by atoms with Crippen molar-refractivity contribution in [2.24, 2.45) is 28.2 Å². The summed E-state index contributed by atoms with van der Waals surface area (Å²) in [7, 11) is 0. The van der Waals surface area contributed by atoms with Gasteiger partial charge in [-0.25, -0.2) is 0 Å². The van der Waals surface area contributed by atoms with Crippen molar-refractivity contribution < 1.29 is 15.0 Å². The number of aliphatic hydroxyl groups excluding tert-OH is 2. The highest BCUT2D eigenvalue weighted by atomic mass is 16.3. The van der Waals surface area contributed by atoms with Crippen molar-refractivity contribution in [1.82, 2.24) is 16.1 Å². The number of nitrogens with zero attached hydrogens (tertiary/aromatic N) is 1. The zero-order chi connectivity index (χ0) is 24.6. The minimum Gasteiger partial charge on any atom is -0.396 e. The van der Waals surface area contributed by atoms with Gasteiger partial charge in [-0.05, 0) is 70.3 Å². The molecular formula is C23H51N7O3. The maximum Gasteiger partial charge on any atom is 0.220 e. The monoisotopic (exact) mass is 473 g/mol. The number of aliphatic hydroxyl groups is 2. The topological polar surface area (TPSA) is 184 Å². The van der Waals surface area contributed by atoms with E-state index in [-0.39, 0.29) is 18.5 Å². The predicted molar refractivity (Wildman–Crippen MR) is 135 cm³/mol. The van der Waals surface area contributed by atoms with Crippen LogP contribution in [-0.4, -0.2) is 61.1 Å². The van der Waals surface area contributed by atoms with Crippen LogP contribution < -0.4 is 33.4 Å². The average molecular weight is 474 g/mol. The summed E-state index contributed by atoms with van der Waals surface area (Å²) < 4.78 is 0. The lowest BCUT2D eigenvalue weighted by Gasteiger charge is -2.19. The van der Waals surface area contributed by atoms with Gasteiger partial charge in [0.05, 0.1) is 0 Å². The SMILES string of the molecule is NNCCCCCCNC(=O)CCC(CCCO)CC[C@@H](O)NCCCCCCN=C(N)N. The third kappa shape index (κ3) is 23.5. The minimum atomic E-state index is -0.536. The van der Waals surface area contributed by atoms with Gasteiger partial charge in [0, 0.05) is 32.7 Å². The molecule has 0 heterocycles. The molecule has 0 fully saturated rings. The summed E-state index contributed by atoms with van der Waals surface area (Å²) >= 11 is 0. The predicted octanol–water partition coefficient (Wildman–Crippen LogP) is 0.817. The lowest BCUT2D eigenvalue weighted by molar-refractivity contribution is -0.121. The third-order valence-electron chi connectivity index (χ3n) is 5.73. The average Bonchev–Trinajstić information content (AvgIpc) is 2.79. The Morgan fingerprint density at radius 3 is 2.15 bits per heavy atom. The van der Waals surface area contributed by atoms with Crippen LogP contribution in [0.15, 0.2) is 4.99 Å². The van der Waals surface area contributed by atoms with Crippen LogP contribution >= 0.6 is 0 Å². The first-order valence-electron chi connectivity index (χ1n) is 12.8. The van der Waals surface area contributed by atoms with Crippen molar-refractivity contribution in [2.75, 3.05) is 32.8 Å². The Morgan fingerprint density at radius 2 is 1.48 bits per heavy atom. The van der Waals surface area contributed by atoms with Crippen molar-refractivity contribution in [3.05, 3.63) is 0 Å². The van der Waals surface area contributed by atoms with Crippen LogP contribution in [0.2, 0.25) is 0 Å². The highest BCUT2D eigenvalue weighted by molar-refractivity contribution is 5.76. The quantitative estimate of drug-likeness (QED) is 0.0253.